The third-order valence-corrected chi connectivity index (χ3v) is 1.54. The minimum Gasteiger partial charge on any atom is -0.395 e. The van der Waals surface area contributed by atoms with Gasteiger partial charge in [0.05, 0.1) is 13.2 Å². The number of aliphatic hydroxyl groups is 1. The highest BCUT2D eigenvalue weighted by Gasteiger charge is 2.12. The van der Waals surface area contributed by atoms with Crippen molar-refractivity contribution in [1.29, 1.82) is 0 Å². The predicted molar refractivity (Wildman–Crippen MR) is 39.7 cm³/mol. The average Bonchev–Trinajstić information content (AvgIpc) is 1.87. The van der Waals surface area contributed by atoms with Crippen molar-refractivity contribution < 1.29 is 13.9 Å². The van der Waals surface area contributed by atoms with Gasteiger partial charge in [-0.1, -0.05) is 13.8 Å². The summed E-state index contributed by atoms with van der Waals surface area (Å²) in [7, 11) is 0. The molecule has 0 amide bonds. The van der Waals surface area contributed by atoms with Crippen molar-refractivity contribution in [2.45, 2.75) is 26.3 Å². The van der Waals surface area contributed by atoms with Crippen LogP contribution in [-0.2, 0) is 0 Å². The van der Waals surface area contributed by atoms with Crippen LogP contribution in [0.5, 0.6) is 0 Å². The van der Waals surface area contributed by atoms with E-state index in [4.69, 9.17) is 5.11 Å². The molecule has 0 aromatic carbocycles. The van der Waals surface area contributed by atoms with Crippen molar-refractivity contribution in [3.8, 4) is 0 Å². The quantitative estimate of drug-likeness (QED) is 0.636. The summed E-state index contributed by atoms with van der Waals surface area (Å²) in [5.41, 5.74) is 0. The Morgan fingerprint density at radius 3 is 2.18 bits per heavy atom. The van der Waals surface area contributed by atoms with Gasteiger partial charge in [-0.05, 0) is 5.92 Å². The maximum absolute atomic E-state index is 11.7. The molecule has 0 aliphatic carbocycles. The number of halogens is 2. The van der Waals surface area contributed by atoms with E-state index in [-0.39, 0.29) is 25.1 Å². The second-order valence-electron chi connectivity index (χ2n) is 2.83. The molecule has 0 aliphatic rings. The predicted octanol–water partition coefficient (Wildman–Crippen LogP) is 0.858. The molecule has 0 rings (SSSR count). The van der Waals surface area contributed by atoms with Crippen LogP contribution >= 0.6 is 0 Å². The lowest BCUT2D eigenvalue weighted by Crippen LogP contribution is -2.39. The molecular formula is C7H15F2NO. The fraction of sp³-hybridized carbons (Fsp3) is 1.00. The fourth-order valence-corrected chi connectivity index (χ4v) is 0.752. The number of alkyl halides is 2. The van der Waals surface area contributed by atoms with Crippen LogP contribution in [0.3, 0.4) is 0 Å². The van der Waals surface area contributed by atoms with E-state index in [2.05, 4.69) is 5.32 Å². The van der Waals surface area contributed by atoms with E-state index in [9.17, 15) is 8.78 Å². The molecule has 0 aromatic rings. The van der Waals surface area contributed by atoms with Gasteiger partial charge < -0.3 is 10.4 Å². The van der Waals surface area contributed by atoms with Gasteiger partial charge >= 0.3 is 0 Å². The van der Waals surface area contributed by atoms with Gasteiger partial charge in [0.1, 0.15) is 0 Å². The minimum absolute atomic E-state index is 0.0929. The lowest BCUT2D eigenvalue weighted by Gasteiger charge is -2.19. The van der Waals surface area contributed by atoms with Crippen LogP contribution in [0.2, 0.25) is 0 Å². The maximum Gasteiger partial charge on any atom is 0.250 e. The second-order valence-corrected chi connectivity index (χ2v) is 2.83. The highest BCUT2D eigenvalue weighted by Crippen LogP contribution is 2.00. The molecule has 0 spiro atoms. The molecule has 0 radical (unpaired) electrons. The number of hydrogen-bond donors (Lipinski definition) is 2. The Morgan fingerprint density at radius 1 is 1.36 bits per heavy atom. The van der Waals surface area contributed by atoms with Crippen molar-refractivity contribution in [2.75, 3.05) is 13.2 Å². The Hall–Kier alpha value is -0.220. The summed E-state index contributed by atoms with van der Waals surface area (Å²) in [6, 6.07) is -0.219. The monoisotopic (exact) mass is 167 g/mol. The topological polar surface area (TPSA) is 32.3 Å². The lowest BCUT2D eigenvalue weighted by atomic mass is 10.1. The van der Waals surface area contributed by atoms with Gasteiger partial charge in [0.2, 0.25) is 0 Å². The van der Waals surface area contributed by atoms with E-state index in [1.807, 2.05) is 13.8 Å². The molecule has 0 fully saturated rings. The number of nitrogens with one attached hydrogen (secondary N) is 1. The third kappa shape index (κ3) is 5.09. The molecule has 1 atom stereocenters. The summed E-state index contributed by atoms with van der Waals surface area (Å²) in [5, 5.41) is 11.3. The molecule has 0 heterocycles. The van der Waals surface area contributed by atoms with E-state index >= 15 is 0 Å². The summed E-state index contributed by atoms with van der Waals surface area (Å²) in [4.78, 5) is 0. The molecule has 0 saturated carbocycles. The zero-order valence-corrected chi connectivity index (χ0v) is 6.85. The van der Waals surface area contributed by atoms with Crippen LogP contribution in [0.4, 0.5) is 8.78 Å². The fourth-order valence-electron chi connectivity index (χ4n) is 0.752. The maximum atomic E-state index is 11.7. The van der Waals surface area contributed by atoms with Crippen molar-refractivity contribution in [1.82, 2.24) is 5.32 Å². The molecule has 2 nitrogen and oxygen atoms in total. The van der Waals surface area contributed by atoms with Crippen LogP contribution in [-0.4, -0.2) is 30.7 Å². The first-order valence-electron chi connectivity index (χ1n) is 3.70. The van der Waals surface area contributed by atoms with Gasteiger partial charge in [-0.15, -0.1) is 0 Å². The molecule has 11 heavy (non-hydrogen) atoms. The van der Waals surface area contributed by atoms with Crippen LogP contribution in [0, 0.1) is 5.92 Å². The van der Waals surface area contributed by atoms with E-state index in [0.717, 1.165) is 0 Å². The molecule has 68 valence electrons. The molecule has 0 aromatic heterocycles. The Labute approximate surface area is 65.6 Å². The average molecular weight is 167 g/mol. The van der Waals surface area contributed by atoms with Gasteiger partial charge in [0, 0.05) is 6.04 Å². The van der Waals surface area contributed by atoms with Crippen LogP contribution < -0.4 is 5.32 Å². The highest BCUT2D eigenvalue weighted by molar-refractivity contribution is 4.68. The van der Waals surface area contributed by atoms with Gasteiger partial charge in [-0.25, -0.2) is 8.78 Å². The van der Waals surface area contributed by atoms with Gasteiger partial charge in [-0.3, -0.25) is 0 Å². The Kier molecular flexibility index (Phi) is 5.32. The Balaban J connectivity index is 3.52. The summed E-state index contributed by atoms with van der Waals surface area (Å²) >= 11 is 0. The first-order chi connectivity index (χ1) is 5.07. The largest absolute Gasteiger partial charge is 0.395 e. The van der Waals surface area contributed by atoms with Crippen LogP contribution in [0.1, 0.15) is 13.8 Å². The molecule has 0 saturated heterocycles. The number of rotatable bonds is 5. The van der Waals surface area contributed by atoms with E-state index < -0.39 is 6.43 Å². The van der Waals surface area contributed by atoms with Crippen molar-refractivity contribution >= 4 is 0 Å². The lowest BCUT2D eigenvalue weighted by molar-refractivity contribution is 0.126. The Morgan fingerprint density at radius 2 is 1.91 bits per heavy atom. The van der Waals surface area contributed by atoms with Gasteiger partial charge in [-0.2, -0.15) is 0 Å². The molecule has 0 bridgehead atoms. The summed E-state index contributed by atoms with van der Waals surface area (Å²) in [5.74, 6) is 0.179. The molecule has 2 N–H and O–H groups in total. The third-order valence-electron chi connectivity index (χ3n) is 1.54. The first-order valence-corrected chi connectivity index (χ1v) is 3.70. The zero-order valence-electron chi connectivity index (χ0n) is 6.85. The van der Waals surface area contributed by atoms with E-state index in [0.29, 0.717) is 0 Å². The molecule has 4 heteroatoms. The SMILES string of the molecule is CC(C)C(CO)NCC(F)F. The van der Waals surface area contributed by atoms with Crippen molar-refractivity contribution in [3.63, 3.8) is 0 Å². The minimum atomic E-state index is -2.34. The Bertz CT molecular complexity index is 98.4. The van der Waals surface area contributed by atoms with Crippen LogP contribution in [0.15, 0.2) is 0 Å². The van der Waals surface area contributed by atoms with Gasteiger partial charge in [0.15, 0.2) is 0 Å². The molecule has 0 aliphatic heterocycles. The van der Waals surface area contributed by atoms with E-state index in [1.165, 1.54) is 0 Å². The summed E-state index contributed by atoms with van der Waals surface area (Å²) in [6.07, 6.45) is -2.34. The van der Waals surface area contributed by atoms with E-state index in [1.54, 1.807) is 0 Å². The highest BCUT2D eigenvalue weighted by atomic mass is 19.3. The van der Waals surface area contributed by atoms with Gasteiger partial charge in [0.25, 0.3) is 6.43 Å². The first kappa shape index (κ1) is 10.8. The second kappa shape index (κ2) is 5.43. The van der Waals surface area contributed by atoms with Crippen LogP contribution in [0.25, 0.3) is 0 Å². The van der Waals surface area contributed by atoms with Crippen molar-refractivity contribution in [3.05, 3.63) is 0 Å². The standard InChI is InChI=1S/C7H15F2NO/c1-5(2)6(4-11)10-3-7(8)9/h5-7,10-11H,3-4H2,1-2H3. The zero-order chi connectivity index (χ0) is 8.85. The summed E-state index contributed by atoms with van der Waals surface area (Å²) < 4.78 is 23.3. The number of aliphatic hydroxyl groups excluding tert-OH is 1. The normalized spacial score (nSPS) is 14.5. The molecule has 1 unspecified atom stereocenters. The number of hydrogen-bond acceptors (Lipinski definition) is 2. The van der Waals surface area contributed by atoms with Crippen molar-refractivity contribution in [2.24, 2.45) is 5.92 Å². The smallest absolute Gasteiger partial charge is 0.250 e. The summed E-state index contributed by atoms with van der Waals surface area (Å²) in [6.45, 7) is 3.31. The molecular weight excluding hydrogens is 152 g/mol.